The summed E-state index contributed by atoms with van der Waals surface area (Å²) in [6, 6.07) is 13.6. The number of aromatic nitrogens is 3. The van der Waals surface area contributed by atoms with E-state index < -0.39 is 9.84 Å². The van der Waals surface area contributed by atoms with Gasteiger partial charge in [-0.25, -0.2) is 18.2 Å². The van der Waals surface area contributed by atoms with Crippen molar-refractivity contribution in [2.45, 2.75) is 31.7 Å². The average Bonchev–Trinajstić information content (AvgIpc) is 2.87. The van der Waals surface area contributed by atoms with Gasteiger partial charge in [-0.05, 0) is 49.2 Å². The number of carbonyl (C=O) groups is 1. The van der Waals surface area contributed by atoms with E-state index >= 15 is 0 Å². The molecule has 2 heterocycles. The van der Waals surface area contributed by atoms with Crippen LogP contribution in [0.3, 0.4) is 0 Å². The van der Waals surface area contributed by atoms with Gasteiger partial charge in [-0.1, -0.05) is 26.0 Å². The van der Waals surface area contributed by atoms with Crippen molar-refractivity contribution in [3.8, 4) is 22.8 Å². The van der Waals surface area contributed by atoms with E-state index in [1.165, 1.54) is 6.26 Å². The molecule has 37 heavy (non-hydrogen) atoms. The SMILES string of the molecule is CC(C)CNC(=O)Nc1ccc(-c2nc(-c3ccccc3S(C)(=O)=O)nc(N3CCOCC3C)n2)cc1. The minimum Gasteiger partial charge on any atom is -0.377 e. The third-order valence-electron chi connectivity index (χ3n) is 5.85. The second-order valence-electron chi connectivity index (χ2n) is 9.47. The van der Waals surface area contributed by atoms with Gasteiger partial charge in [0.15, 0.2) is 21.5 Å². The molecule has 3 aromatic rings. The molecule has 2 aromatic carbocycles. The fraction of sp³-hybridized carbons (Fsp3) is 0.385. The van der Waals surface area contributed by atoms with Gasteiger partial charge in [0, 0.05) is 36.2 Å². The predicted octanol–water partition coefficient (Wildman–Crippen LogP) is 3.61. The number of urea groups is 1. The molecule has 2 amide bonds. The standard InChI is InChI=1S/C26H32N6O4S/c1-17(2)15-27-26(33)28-20-11-9-19(10-12-20)23-29-24(21-7-5-6-8-22(21)37(4,34)35)31-25(30-23)32-13-14-36-16-18(32)3/h5-12,17-18H,13-16H2,1-4H3,(H2,27,28,33). The van der Waals surface area contributed by atoms with Crippen molar-refractivity contribution < 1.29 is 17.9 Å². The molecule has 11 heteroatoms. The highest BCUT2D eigenvalue weighted by Crippen LogP contribution is 2.29. The zero-order valence-electron chi connectivity index (χ0n) is 21.4. The summed E-state index contributed by atoms with van der Waals surface area (Å²) in [4.78, 5) is 28.4. The maximum atomic E-state index is 12.5. The molecular weight excluding hydrogens is 492 g/mol. The van der Waals surface area contributed by atoms with Crippen LogP contribution in [0.1, 0.15) is 20.8 Å². The number of morpholine rings is 1. The molecule has 0 saturated carbocycles. The molecule has 1 aromatic heterocycles. The molecule has 1 unspecified atom stereocenters. The first-order valence-corrected chi connectivity index (χ1v) is 14.1. The first-order chi connectivity index (χ1) is 17.6. The number of nitrogens with zero attached hydrogens (tertiary/aromatic N) is 4. The van der Waals surface area contributed by atoms with Crippen molar-refractivity contribution in [2.75, 3.05) is 42.8 Å². The number of ether oxygens (including phenoxy) is 1. The van der Waals surface area contributed by atoms with Crippen LogP contribution in [0.5, 0.6) is 0 Å². The van der Waals surface area contributed by atoms with Gasteiger partial charge in [-0.15, -0.1) is 0 Å². The highest BCUT2D eigenvalue weighted by atomic mass is 32.2. The molecule has 196 valence electrons. The van der Waals surface area contributed by atoms with Gasteiger partial charge in [0.1, 0.15) is 0 Å². The van der Waals surface area contributed by atoms with E-state index in [0.29, 0.717) is 60.8 Å². The topological polar surface area (TPSA) is 126 Å². The summed E-state index contributed by atoms with van der Waals surface area (Å²) in [5.41, 5.74) is 1.75. The number of carbonyl (C=O) groups excluding carboxylic acids is 1. The van der Waals surface area contributed by atoms with Crippen LogP contribution >= 0.6 is 0 Å². The summed E-state index contributed by atoms with van der Waals surface area (Å²) >= 11 is 0. The summed E-state index contributed by atoms with van der Waals surface area (Å²) in [6.45, 7) is 8.34. The number of benzene rings is 2. The molecule has 2 N–H and O–H groups in total. The van der Waals surface area contributed by atoms with Crippen LogP contribution in [0.15, 0.2) is 53.4 Å². The summed E-state index contributed by atoms with van der Waals surface area (Å²) in [5, 5.41) is 5.63. The maximum absolute atomic E-state index is 12.5. The smallest absolute Gasteiger partial charge is 0.319 e. The summed E-state index contributed by atoms with van der Waals surface area (Å²) in [6.07, 6.45) is 1.17. The number of rotatable bonds is 7. The number of hydrogen-bond donors (Lipinski definition) is 2. The monoisotopic (exact) mass is 524 g/mol. The van der Waals surface area contributed by atoms with Gasteiger partial charge >= 0.3 is 6.03 Å². The van der Waals surface area contributed by atoms with Crippen LogP contribution in [0.25, 0.3) is 22.8 Å². The number of amides is 2. The van der Waals surface area contributed by atoms with Crippen LogP contribution < -0.4 is 15.5 Å². The van der Waals surface area contributed by atoms with Gasteiger partial charge < -0.3 is 20.3 Å². The Morgan fingerprint density at radius 2 is 1.78 bits per heavy atom. The van der Waals surface area contributed by atoms with E-state index in [1.54, 1.807) is 36.4 Å². The van der Waals surface area contributed by atoms with Gasteiger partial charge in [-0.2, -0.15) is 9.97 Å². The van der Waals surface area contributed by atoms with E-state index in [1.807, 2.05) is 37.8 Å². The minimum atomic E-state index is -3.52. The van der Waals surface area contributed by atoms with Gasteiger partial charge in [0.25, 0.3) is 0 Å². The Balaban J connectivity index is 1.73. The molecular formula is C26H32N6O4S. The van der Waals surface area contributed by atoms with Crippen molar-refractivity contribution in [3.05, 3.63) is 48.5 Å². The molecule has 10 nitrogen and oxygen atoms in total. The highest BCUT2D eigenvalue weighted by molar-refractivity contribution is 7.90. The van der Waals surface area contributed by atoms with Crippen LogP contribution in [-0.4, -0.2) is 68.0 Å². The van der Waals surface area contributed by atoms with E-state index in [4.69, 9.17) is 9.72 Å². The van der Waals surface area contributed by atoms with Crippen molar-refractivity contribution >= 4 is 27.5 Å². The van der Waals surface area contributed by atoms with Crippen molar-refractivity contribution in [3.63, 3.8) is 0 Å². The molecule has 1 fully saturated rings. The number of nitrogens with one attached hydrogen (secondary N) is 2. The van der Waals surface area contributed by atoms with Crippen LogP contribution in [0.2, 0.25) is 0 Å². The molecule has 0 aliphatic carbocycles. The fourth-order valence-electron chi connectivity index (χ4n) is 3.92. The third-order valence-corrected chi connectivity index (χ3v) is 7.00. The lowest BCUT2D eigenvalue weighted by Gasteiger charge is -2.33. The summed E-state index contributed by atoms with van der Waals surface area (Å²) in [5.74, 6) is 1.48. The highest BCUT2D eigenvalue weighted by Gasteiger charge is 2.25. The van der Waals surface area contributed by atoms with Crippen LogP contribution in [-0.2, 0) is 14.6 Å². The zero-order chi connectivity index (χ0) is 26.6. The molecule has 0 spiro atoms. The third kappa shape index (κ3) is 6.60. The molecule has 1 aliphatic rings. The summed E-state index contributed by atoms with van der Waals surface area (Å²) in [7, 11) is -3.52. The largest absolute Gasteiger partial charge is 0.377 e. The molecule has 1 atom stereocenters. The Bertz CT molecular complexity index is 1360. The Labute approximate surface area is 217 Å². The minimum absolute atomic E-state index is 0.0397. The second kappa shape index (κ2) is 11.2. The Morgan fingerprint density at radius 1 is 1.08 bits per heavy atom. The normalized spacial score (nSPS) is 16.0. The maximum Gasteiger partial charge on any atom is 0.319 e. The molecule has 4 rings (SSSR count). The predicted molar refractivity (Wildman–Crippen MR) is 143 cm³/mol. The first-order valence-electron chi connectivity index (χ1n) is 12.2. The number of sulfone groups is 1. The van der Waals surface area contributed by atoms with Crippen molar-refractivity contribution in [1.29, 1.82) is 0 Å². The second-order valence-corrected chi connectivity index (χ2v) is 11.5. The van der Waals surface area contributed by atoms with Gasteiger partial charge in [0.2, 0.25) is 5.95 Å². The lowest BCUT2D eigenvalue weighted by Crippen LogP contribution is -2.44. The molecule has 1 aliphatic heterocycles. The Morgan fingerprint density at radius 3 is 2.46 bits per heavy atom. The molecule has 0 bridgehead atoms. The fourth-order valence-corrected chi connectivity index (χ4v) is 4.80. The Hall–Kier alpha value is -3.57. The number of hydrogen-bond acceptors (Lipinski definition) is 8. The molecule has 1 saturated heterocycles. The van der Waals surface area contributed by atoms with Gasteiger partial charge in [-0.3, -0.25) is 0 Å². The van der Waals surface area contributed by atoms with E-state index in [2.05, 4.69) is 20.6 Å². The van der Waals surface area contributed by atoms with Crippen LogP contribution in [0.4, 0.5) is 16.4 Å². The van der Waals surface area contributed by atoms with Crippen molar-refractivity contribution in [1.82, 2.24) is 20.3 Å². The lowest BCUT2D eigenvalue weighted by atomic mass is 10.1. The van der Waals surface area contributed by atoms with Gasteiger partial charge in [0.05, 0.1) is 24.2 Å². The van der Waals surface area contributed by atoms with Crippen molar-refractivity contribution in [2.24, 2.45) is 5.92 Å². The molecule has 0 radical (unpaired) electrons. The van der Waals surface area contributed by atoms with Crippen LogP contribution in [0, 0.1) is 5.92 Å². The van der Waals surface area contributed by atoms with E-state index in [9.17, 15) is 13.2 Å². The zero-order valence-corrected chi connectivity index (χ0v) is 22.2. The lowest BCUT2D eigenvalue weighted by molar-refractivity contribution is 0.0981. The first kappa shape index (κ1) is 26.5. The van der Waals surface area contributed by atoms with E-state index in [0.717, 1.165) is 0 Å². The summed E-state index contributed by atoms with van der Waals surface area (Å²) < 4.78 is 30.6. The van der Waals surface area contributed by atoms with E-state index in [-0.39, 0.29) is 22.8 Å². The Kier molecular flexibility index (Phi) is 8.03. The quantitative estimate of drug-likeness (QED) is 0.480. The number of anilines is 2. The average molecular weight is 525 g/mol.